The number of hydrogen-bond acceptors (Lipinski definition) is 8. The second kappa shape index (κ2) is 8.86. The van der Waals surface area contributed by atoms with Crippen LogP contribution in [0.15, 0.2) is 5.16 Å². The summed E-state index contributed by atoms with van der Waals surface area (Å²) in [4.78, 5) is 28.3. The number of piperazine rings is 1. The van der Waals surface area contributed by atoms with Gasteiger partial charge in [-0.15, -0.1) is 0 Å². The molecule has 1 aliphatic heterocycles. The Bertz CT molecular complexity index is 975. The lowest BCUT2D eigenvalue weighted by atomic mass is 10.1. The highest BCUT2D eigenvalue weighted by atomic mass is 35.5. The molecule has 2 aromatic heterocycles. The molecule has 3 rings (SSSR count). The Balaban J connectivity index is 2.01. The van der Waals surface area contributed by atoms with Gasteiger partial charge in [0.15, 0.2) is 16.1 Å². The smallest absolute Gasteiger partial charge is 0.410 e. The van der Waals surface area contributed by atoms with E-state index in [1.54, 1.807) is 31.9 Å². The average molecular weight is 478 g/mol. The van der Waals surface area contributed by atoms with Crippen molar-refractivity contribution < 1.29 is 19.0 Å². The van der Waals surface area contributed by atoms with Gasteiger partial charge in [-0.1, -0.05) is 35.0 Å². The molecule has 0 radical (unpaired) electrons. The molecule has 1 aliphatic rings. The summed E-state index contributed by atoms with van der Waals surface area (Å²) in [6, 6.07) is -0.506. The third-order valence-electron chi connectivity index (χ3n) is 4.46. The number of carbonyl (C=O) groups excluding carboxylic acids is 1. The predicted molar refractivity (Wildman–Crippen MR) is 115 cm³/mol. The number of fused-ring (bicyclic) bond motifs is 1. The molecule has 1 saturated heterocycles. The molecule has 1 fully saturated rings. The van der Waals surface area contributed by atoms with E-state index in [1.807, 2.05) is 0 Å². The van der Waals surface area contributed by atoms with Crippen molar-refractivity contribution in [3.63, 3.8) is 0 Å². The van der Waals surface area contributed by atoms with Crippen molar-refractivity contribution in [3.8, 4) is 0 Å². The number of hydrogen-bond donors (Lipinski definition) is 1. The van der Waals surface area contributed by atoms with E-state index in [4.69, 9.17) is 27.9 Å². The molecular formula is C18H22Cl2FN5O3S. The number of halogens is 3. The van der Waals surface area contributed by atoms with Crippen molar-refractivity contribution in [2.45, 2.75) is 37.6 Å². The van der Waals surface area contributed by atoms with Crippen molar-refractivity contribution in [2.75, 3.05) is 37.4 Å². The van der Waals surface area contributed by atoms with Crippen LogP contribution in [0, 0.1) is 5.82 Å². The van der Waals surface area contributed by atoms with Crippen molar-refractivity contribution in [1.29, 1.82) is 0 Å². The molecule has 0 spiro atoms. The Morgan fingerprint density at radius 1 is 1.27 bits per heavy atom. The standard InChI is InChI=1S/C18H22Cl2FN5O3S/c1-18(2,3)29-17(28)25-5-6-26(9(7-25)8-27)15-10-12(22-16(24-15)30-4)11(21)14(20)23-13(10)19/h9,27H,5-8H2,1-4H3/t9-/m0/s1. The van der Waals surface area contributed by atoms with E-state index < -0.39 is 23.6 Å². The first-order valence-corrected chi connectivity index (χ1v) is 11.2. The zero-order chi connectivity index (χ0) is 22.2. The summed E-state index contributed by atoms with van der Waals surface area (Å²) in [6.07, 6.45) is 1.30. The number of nitrogens with zero attached hydrogens (tertiary/aromatic N) is 5. The normalized spacial score (nSPS) is 17.5. The predicted octanol–water partition coefficient (Wildman–Crippen LogP) is 3.61. The van der Waals surface area contributed by atoms with E-state index in [-0.39, 0.29) is 34.4 Å². The molecule has 3 heterocycles. The molecule has 0 unspecified atom stereocenters. The minimum atomic E-state index is -0.789. The summed E-state index contributed by atoms with van der Waals surface area (Å²) < 4.78 is 20.1. The minimum Gasteiger partial charge on any atom is -0.444 e. The van der Waals surface area contributed by atoms with Crippen LogP contribution < -0.4 is 4.90 Å². The van der Waals surface area contributed by atoms with E-state index in [9.17, 15) is 14.3 Å². The first kappa shape index (κ1) is 23.1. The Labute approximate surface area is 187 Å². The van der Waals surface area contributed by atoms with Gasteiger partial charge in [0.2, 0.25) is 0 Å². The van der Waals surface area contributed by atoms with Gasteiger partial charge in [-0.2, -0.15) is 0 Å². The second-order valence-electron chi connectivity index (χ2n) is 7.72. The lowest BCUT2D eigenvalue weighted by Crippen LogP contribution is -2.57. The third-order valence-corrected chi connectivity index (χ3v) is 5.53. The molecule has 0 aromatic carbocycles. The van der Waals surface area contributed by atoms with Crippen LogP contribution in [-0.4, -0.2) is 75.2 Å². The maximum atomic E-state index is 14.7. The van der Waals surface area contributed by atoms with E-state index in [0.29, 0.717) is 24.1 Å². The minimum absolute atomic E-state index is 0.0367. The monoisotopic (exact) mass is 477 g/mol. The Kier molecular flexibility index (Phi) is 6.81. The first-order valence-electron chi connectivity index (χ1n) is 9.17. The fraction of sp³-hybridized carbons (Fsp3) is 0.556. The van der Waals surface area contributed by atoms with Crippen LogP contribution in [0.25, 0.3) is 10.9 Å². The Hall–Kier alpha value is -1.62. The lowest BCUT2D eigenvalue weighted by molar-refractivity contribution is 0.0197. The summed E-state index contributed by atoms with van der Waals surface area (Å²) in [5.41, 5.74) is -0.671. The fourth-order valence-electron chi connectivity index (χ4n) is 3.15. The van der Waals surface area contributed by atoms with Crippen molar-refractivity contribution in [3.05, 3.63) is 16.1 Å². The fourth-order valence-corrected chi connectivity index (χ4v) is 3.98. The summed E-state index contributed by atoms with van der Waals surface area (Å²) in [5, 5.41) is 10.1. The number of thioether (sulfide) groups is 1. The molecule has 30 heavy (non-hydrogen) atoms. The van der Waals surface area contributed by atoms with E-state index >= 15 is 0 Å². The lowest BCUT2D eigenvalue weighted by Gasteiger charge is -2.41. The van der Waals surface area contributed by atoms with Gasteiger partial charge < -0.3 is 19.6 Å². The van der Waals surface area contributed by atoms with Gasteiger partial charge in [-0.3, -0.25) is 0 Å². The molecule has 0 bridgehead atoms. The molecule has 12 heteroatoms. The number of rotatable bonds is 3. The van der Waals surface area contributed by atoms with Crippen LogP contribution >= 0.6 is 35.0 Å². The number of pyridine rings is 1. The van der Waals surface area contributed by atoms with Crippen molar-refractivity contribution in [2.24, 2.45) is 0 Å². The van der Waals surface area contributed by atoms with Gasteiger partial charge in [0, 0.05) is 19.6 Å². The maximum Gasteiger partial charge on any atom is 0.410 e. The number of aromatic nitrogens is 3. The summed E-state index contributed by atoms with van der Waals surface area (Å²) >= 11 is 13.3. The van der Waals surface area contributed by atoms with Gasteiger partial charge in [0.25, 0.3) is 0 Å². The first-order chi connectivity index (χ1) is 14.1. The van der Waals surface area contributed by atoms with Gasteiger partial charge in [-0.05, 0) is 27.0 Å². The van der Waals surface area contributed by atoms with Crippen LogP contribution in [0.2, 0.25) is 10.3 Å². The molecule has 0 saturated carbocycles. The van der Waals surface area contributed by atoms with Crippen LogP contribution in [0.3, 0.4) is 0 Å². The van der Waals surface area contributed by atoms with Crippen LogP contribution in [0.5, 0.6) is 0 Å². The zero-order valence-corrected chi connectivity index (χ0v) is 19.3. The largest absolute Gasteiger partial charge is 0.444 e. The number of aliphatic hydroxyl groups is 1. The molecule has 1 N–H and O–H groups in total. The number of carbonyl (C=O) groups is 1. The Morgan fingerprint density at radius 3 is 2.57 bits per heavy atom. The summed E-state index contributed by atoms with van der Waals surface area (Å²) in [7, 11) is 0. The zero-order valence-electron chi connectivity index (χ0n) is 16.9. The Morgan fingerprint density at radius 2 is 1.97 bits per heavy atom. The van der Waals surface area contributed by atoms with Crippen LogP contribution in [0.4, 0.5) is 15.0 Å². The second-order valence-corrected chi connectivity index (χ2v) is 9.21. The van der Waals surface area contributed by atoms with Gasteiger partial charge in [0.05, 0.1) is 18.0 Å². The van der Waals surface area contributed by atoms with Gasteiger partial charge >= 0.3 is 6.09 Å². The average Bonchev–Trinajstić information content (AvgIpc) is 2.69. The van der Waals surface area contributed by atoms with Crippen LogP contribution in [-0.2, 0) is 4.74 Å². The van der Waals surface area contributed by atoms with E-state index in [2.05, 4.69) is 15.0 Å². The van der Waals surface area contributed by atoms with Crippen molar-refractivity contribution >= 4 is 57.8 Å². The highest BCUT2D eigenvalue weighted by Gasteiger charge is 2.34. The molecule has 8 nitrogen and oxygen atoms in total. The number of ether oxygens (including phenoxy) is 1. The molecule has 0 aliphatic carbocycles. The highest BCUT2D eigenvalue weighted by Crippen LogP contribution is 2.36. The third kappa shape index (κ3) is 4.66. The van der Waals surface area contributed by atoms with E-state index in [1.165, 1.54) is 16.7 Å². The SMILES string of the molecule is CSc1nc(N2CCN(C(=O)OC(C)(C)C)C[C@H]2CO)c2c(Cl)nc(Cl)c(F)c2n1. The van der Waals surface area contributed by atoms with Crippen LogP contribution in [0.1, 0.15) is 20.8 Å². The summed E-state index contributed by atoms with van der Waals surface area (Å²) in [5.74, 6) is -0.455. The van der Waals surface area contributed by atoms with Gasteiger partial charge in [0.1, 0.15) is 22.1 Å². The molecular weight excluding hydrogens is 456 g/mol. The quantitative estimate of drug-likeness (QED) is 0.407. The van der Waals surface area contributed by atoms with Gasteiger partial charge in [-0.25, -0.2) is 24.1 Å². The van der Waals surface area contributed by atoms with E-state index in [0.717, 1.165) is 0 Å². The molecule has 2 aromatic rings. The molecule has 1 atom stereocenters. The number of amides is 1. The number of anilines is 1. The highest BCUT2D eigenvalue weighted by molar-refractivity contribution is 7.98. The molecule has 1 amide bonds. The topological polar surface area (TPSA) is 91.7 Å². The number of aliphatic hydroxyl groups excluding tert-OH is 1. The molecule has 164 valence electrons. The van der Waals surface area contributed by atoms with Crippen molar-refractivity contribution in [1.82, 2.24) is 19.9 Å². The maximum absolute atomic E-state index is 14.7. The summed E-state index contributed by atoms with van der Waals surface area (Å²) in [6.45, 7) is 5.95.